The van der Waals surface area contributed by atoms with E-state index in [9.17, 15) is 10.1 Å². The maximum absolute atomic E-state index is 12.5. The number of nitrogens with one attached hydrogen (secondary N) is 1. The van der Waals surface area contributed by atoms with E-state index in [4.69, 9.17) is 14.7 Å². The van der Waals surface area contributed by atoms with Crippen molar-refractivity contribution in [1.82, 2.24) is 30.0 Å². The van der Waals surface area contributed by atoms with Gasteiger partial charge >= 0.3 is 6.01 Å². The minimum Gasteiger partial charge on any atom is -0.463 e. The number of carbonyl (C=O) groups is 1. The number of aromatic nitrogens is 4. The van der Waals surface area contributed by atoms with Crippen molar-refractivity contribution in [3.63, 3.8) is 0 Å². The first kappa shape index (κ1) is 28.0. The molecule has 1 N–H and O–H groups in total. The summed E-state index contributed by atoms with van der Waals surface area (Å²) in [6.07, 6.45) is 6.53. The molecule has 0 bridgehead atoms. The van der Waals surface area contributed by atoms with Gasteiger partial charge < -0.3 is 24.3 Å². The van der Waals surface area contributed by atoms with E-state index in [1.165, 1.54) is 17.3 Å². The van der Waals surface area contributed by atoms with Crippen LogP contribution in [0.1, 0.15) is 36.1 Å². The highest BCUT2D eigenvalue weighted by molar-refractivity contribution is 5.93. The zero-order valence-corrected chi connectivity index (χ0v) is 24.8. The molecule has 220 valence electrons. The summed E-state index contributed by atoms with van der Waals surface area (Å²) >= 11 is 0. The predicted molar refractivity (Wildman–Crippen MR) is 161 cm³/mol. The van der Waals surface area contributed by atoms with Crippen LogP contribution in [0, 0.1) is 23.7 Å². The van der Waals surface area contributed by atoms with Gasteiger partial charge in [-0.25, -0.2) is 0 Å². The summed E-state index contributed by atoms with van der Waals surface area (Å²) in [5.74, 6) is 0.720. The molecule has 0 radical (unpaired) electrons. The molecule has 1 aromatic carbocycles. The quantitative estimate of drug-likeness (QED) is 0.388. The standard InChI is InChI=1S/C31H39N9O2/c1-5-27(41)40-15-14-39(17-22(40)8-12-32)29-23-9-13-38(28-21(2)6-7-25-24(28)16-33-36-25)18-26(23)34-30(35-29)42-20-31(10-11-31)19-37(3)4/h5-7,16,22H,1,8-11,13-15,17-20H2,2-4H3,(H,33,36). The van der Waals surface area contributed by atoms with Crippen molar-refractivity contribution in [1.29, 1.82) is 5.26 Å². The van der Waals surface area contributed by atoms with E-state index in [0.717, 1.165) is 60.3 Å². The number of hydrogen-bond donors (Lipinski definition) is 1. The fraction of sp³-hybridized carbons (Fsp3) is 0.516. The molecule has 3 aliphatic rings. The van der Waals surface area contributed by atoms with Crippen LogP contribution < -0.4 is 14.5 Å². The number of rotatable bonds is 9. The summed E-state index contributed by atoms with van der Waals surface area (Å²) in [5.41, 5.74) is 5.60. The van der Waals surface area contributed by atoms with Crippen LogP contribution in [0.15, 0.2) is 31.0 Å². The van der Waals surface area contributed by atoms with Crippen LogP contribution in [0.25, 0.3) is 10.9 Å². The number of aromatic amines is 1. The van der Waals surface area contributed by atoms with Crippen molar-refractivity contribution < 1.29 is 9.53 Å². The van der Waals surface area contributed by atoms with Gasteiger partial charge in [0, 0.05) is 49.1 Å². The number of nitrogens with zero attached hydrogens (tertiary/aromatic N) is 8. The summed E-state index contributed by atoms with van der Waals surface area (Å²) in [6.45, 7) is 10.4. The Hall–Kier alpha value is -4.17. The number of amides is 1. The molecule has 11 nitrogen and oxygen atoms in total. The lowest BCUT2D eigenvalue weighted by atomic mass is 10.0. The van der Waals surface area contributed by atoms with Gasteiger partial charge in [-0.05, 0) is 58.0 Å². The van der Waals surface area contributed by atoms with E-state index in [-0.39, 0.29) is 23.8 Å². The Morgan fingerprint density at radius 1 is 1.26 bits per heavy atom. The van der Waals surface area contributed by atoms with Crippen molar-refractivity contribution >= 4 is 28.3 Å². The molecule has 42 heavy (non-hydrogen) atoms. The van der Waals surface area contributed by atoms with Gasteiger partial charge in [-0.3, -0.25) is 9.89 Å². The normalized spacial score (nSPS) is 19.5. The van der Waals surface area contributed by atoms with E-state index in [0.29, 0.717) is 38.8 Å². The highest BCUT2D eigenvalue weighted by Gasteiger charge is 2.44. The summed E-state index contributed by atoms with van der Waals surface area (Å²) in [7, 11) is 4.19. The lowest BCUT2D eigenvalue weighted by molar-refractivity contribution is -0.128. The van der Waals surface area contributed by atoms with Gasteiger partial charge in [-0.1, -0.05) is 12.6 Å². The van der Waals surface area contributed by atoms with Crippen molar-refractivity contribution in [2.75, 3.05) is 63.2 Å². The highest BCUT2D eigenvalue weighted by atomic mass is 16.5. The smallest absolute Gasteiger partial charge is 0.318 e. The number of nitriles is 1. The Labute approximate surface area is 246 Å². The Balaban J connectivity index is 1.33. The Kier molecular flexibility index (Phi) is 7.49. The van der Waals surface area contributed by atoms with Crippen LogP contribution in [-0.2, 0) is 17.8 Å². The number of carbonyl (C=O) groups excluding carboxylic acids is 1. The van der Waals surface area contributed by atoms with Crippen LogP contribution >= 0.6 is 0 Å². The van der Waals surface area contributed by atoms with Crippen molar-refractivity contribution in [2.45, 2.75) is 45.2 Å². The Bertz CT molecular complexity index is 1540. The largest absolute Gasteiger partial charge is 0.463 e. The SMILES string of the molecule is C=CC(=O)N1CCN(c2nc(OCC3(CN(C)C)CC3)nc3c2CCN(c2c(C)ccc4[nH]ncc24)C3)CC1CC#N. The van der Waals surface area contributed by atoms with E-state index in [1.54, 1.807) is 4.90 Å². The second kappa shape index (κ2) is 11.2. The monoisotopic (exact) mass is 569 g/mol. The molecule has 4 heterocycles. The number of benzene rings is 1. The minimum absolute atomic E-state index is 0.140. The molecule has 6 rings (SSSR count). The maximum Gasteiger partial charge on any atom is 0.318 e. The first-order chi connectivity index (χ1) is 20.3. The van der Waals surface area contributed by atoms with Gasteiger partial charge in [0.15, 0.2) is 0 Å². The molecule has 11 heteroatoms. The number of ether oxygens (including phenoxy) is 1. The zero-order valence-electron chi connectivity index (χ0n) is 24.8. The third-order valence-corrected chi connectivity index (χ3v) is 8.82. The second-order valence-corrected chi connectivity index (χ2v) is 12.2. The summed E-state index contributed by atoms with van der Waals surface area (Å²) in [5, 5.41) is 18.0. The van der Waals surface area contributed by atoms with Crippen molar-refractivity contribution in [2.24, 2.45) is 5.41 Å². The van der Waals surface area contributed by atoms with Gasteiger partial charge in [-0.2, -0.15) is 20.3 Å². The summed E-state index contributed by atoms with van der Waals surface area (Å²) in [6, 6.07) is 6.63. The number of anilines is 2. The molecule has 1 saturated carbocycles. The number of H-pyrrole nitrogens is 1. The highest BCUT2D eigenvalue weighted by Crippen LogP contribution is 2.46. The molecule has 2 aliphatic heterocycles. The summed E-state index contributed by atoms with van der Waals surface area (Å²) < 4.78 is 6.37. The number of hydrogen-bond acceptors (Lipinski definition) is 9. The lowest BCUT2D eigenvalue weighted by Crippen LogP contribution is -2.55. The van der Waals surface area contributed by atoms with Gasteiger partial charge in [0.25, 0.3) is 0 Å². The first-order valence-electron chi connectivity index (χ1n) is 14.7. The Morgan fingerprint density at radius 2 is 2.10 bits per heavy atom. The van der Waals surface area contributed by atoms with Gasteiger partial charge in [-0.15, -0.1) is 0 Å². The third kappa shape index (κ3) is 5.39. The zero-order chi connectivity index (χ0) is 29.4. The van der Waals surface area contributed by atoms with Crippen LogP contribution in [0.3, 0.4) is 0 Å². The fourth-order valence-corrected chi connectivity index (χ4v) is 6.59. The fourth-order valence-electron chi connectivity index (χ4n) is 6.59. The third-order valence-electron chi connectivity index (χ3n) is 8.82. The molecule has 1 aliphatic carbocycles. The molecule has 1 saturated heterocycles. The van der Waals surface area contributed by atoms with Gasteiger partial charge in [0.1, 0.15) is 5.82 Å². The molecule has 3 aromatic rings. The first-order valence-corrected chi connectivity index (χ1v) is 14.7. The van der Waals surface area contributed by atoms with Crippen LogP contribution in [-0.4, -0.2) is 95.3 Å². The number of fused-ring (bicyclic) bond motifs is 2. The predicted octanol–water partition coefficient (Wildman–Crippen LogP) is 3.06. The van der Waals surface area contributed by atoms with Crippen LogP contribution in [0.2, 0.25) is 0 Å². The number of piperazine rings is 1. The van der Waals surface area contributed by atoms with E-state index in [2.05, 4.69) is 70.7 Å². The van der Waals surface area contributed by atoms with Crippen molar-refractivity contribution in [3.05, 3.63) is 47.8 Å². The summed E-state index contributed by atoms with van der Waals surface area (Å²) in [4.78, 5) is 31.1. The van der Waals surface area contributed by atoms with Gasteiger partial charge in [0.2, 0.25) is 5.91 Å². The molecule has 2 fully saturated rings. The topological polar surface area (TPSA) is 118 Å². The molecule has 0 spiro atoms. The number of aryl methyl sites for hydroxylation is 1. The lowest BCUT2D eigenvalue weighted by Gasteiger charge is -2.42. The minimum atomic E-state index is -0.236. The van der Waals surface area contributed by atoms with Crippen LogP contribution in [0.4, 0.5) is 11.5 Å². The van der Waals surface area contributed by atoms with E-state index in [1.807, 2.05) is 6.20 Å². The second-order valence-electron chi connectivity index (χ2n) is 12.2. The molecule has 1 unspecified atom stereocenters. The maximum atomic E-state index is 12.5. The molecule has 1 amide bonds. The van der Waals surface area contributed by atoms with Gasteiger partial charge in [0.05, 0.1) is 54.8 Å². The Morgan fingerprint density at radius 3 is 2.83 bits per heavy atom. The molecular weight excluding hydrogens is 530 g/mol. The average molecular weight is 570 g/mol. The van der Waals surface area contributed by atoms with E-state index < -0.39 is 0 Å². The average Bonchev–Trinajstić information content (AvgIpc) is 3.57. The molecule has 2 aromatic heterocycles. The van der Waals surface area contributed by atoms with Crippen LogP contribution in [0.5, 0.6) is 6.01 Å². The van der Waals surface area contributed by atoms with E-state index >= 15 is 0 Å². The molecular formula is C31H39N9O2. The molecule has 1 atom stereocenters. The van der Waals surface area contributed by atoms with Crippen molar-refractivity contribution in [3.8, 4) is 12.1 Å².